The molecule has 0 aromatic heterocycles. The van der Waals surface area contributed by atoms with Gasteiger partial charge in [-0.1, -0.05) is 30.3 Å². The fourth-order valence-electron chi connectivity index (χ4n) is 2.89. The summed E-state index contributed by atoms with van der Waals surface area (Å²) in [5.41, 5.74) is 8.04. The molecule has 27 heavy (non-hydrogen) atoms. The number of rotatable bonds is 7. The monoisotopic (exact) mass is 368 g/mol. The standard InChI is InChI=1S/C20H24N4O3/c1-2-21-19(25)13-27-16-10-8-15(9-11-16)22-20(26)18-12-17(23-24-18)14-6-4-3-5-7-14/h3-11,17-18,23-24H,2,12-13H2,1H3,(H,21,25)(H,22,26). The maximum absolute atomic E-state index is 12.5. The Morgan fingerprint density at radius 3 is 2.52 bits per heavy atom. The van der Waals surface area contributed by atoms with Gasteiger partial charge in [0.1, 0.15) is 11.8 Å². The SMILES string of the molecule is CCNC(=O)COc1ccc(NC(=O)C2CC(c3ccccc3)NN2)cc1. The highest BCUT2D eigenvalue weighted by Crippen LogP contribution is 2.23. The summed E-state index contributed by atoms with van der Waals surface area (Å²) in [5, 5.41) is 5.56. The Bertz CT molecular complexity index is 765. The predicted molar refractivity (Wildman–Crippen MR) is 103 cm³/mol. The van der Waals surface area contributed by atoms with E-state index in [4.69, 9.17) is 4.74 Å². The molecule has 1 heterocycles. The van der Waals surface area contributed by atoms with Gasteiger partial charge in [0.2, 0.25) is 5.91 Å². The van der Waals surface area contributed by atoms with Crippen molar-refractivity contribution in [3.8, 4) is 5.75 Å². The van der Waals surface area contributed by atoms with Gasteiger partial charge in [-0.2, -0.15) is 0 Å². The summed E-state index contributed by atoms with van der Waals surface area (Å²) < 4.78 is 5.40. The molecule has 4 N–H and O–H groups in total. The molecule has 7 heteroatoms. The second-order valence-electron chi connectivity index (χ2n) is 6.30. The van der Waals surface area contributed by atoms with E-state index < -0.39 is 0 Å². The van der Waals surface area contributed by atoms with Crippen molar-refractivity contribution in [1.29, 1.82) is 0 Å². The van der Waals surface area contributed by atoms with Crippen LogP contribution in [-0.4, -0.2) is 31.0 Å². The quantitative estimate of drug-likeness (QED) is 0.598. The van der Waals surface area contributed by atoms with Gasteiger partial charge in [-0.25, -0.2) is 10.9 Å². The number of likely N-dealkylation sites (N-methyl/N-ethyl adjacent to an activating group) is 1. The fraction of sp³-hybridized carbons (Fsp3) is 0.300. The topological polar surface area (TPSA) is 91.5 Å². The molecule has 0 saturated carbocycles. The number of amides is 2. The third-order valence-corrected chi connectivity index (χ3v) is 4.29. The maximum atomic E-state index is 12.5. The average molecular weight is 368 g/mol. The zero-order valence-electron chi connectivity index (χ0n) is 15.2. The minimum absolute atomic E-state index is 0.0297. The molecule has 2 aromatic carbocycles. The van der Waals surface area contributed by atoms with E-state index >= 15 is 0 Å². The highest BCUT2D eigenvalue weighted by atomic mass is 16.5. The van der Waals surface area contributed by atoms with Crippen molar-refractivity contribution in [2.75, 3.05) is 18.5 Å². The Morgan fingerprint density at radius 1 is 1.07 bits per heavy atom. The van der Waals surface area contributed by atoms with Crippen LogP contribution in [0.5, 0.6) is 5.75 Å². The molecule has 0 radical (unpaired) electrons. The molecular formula is C20H24N4O3. The van der Waals surface area contributed by atoms with Crippen molar-refractivity contribution in [1.82, 2.24) is 16.2 Å². The average Bonchev–Trinajstić information content (AvgIpc) is 3.19. The lowest BCUT2D eigenvalue weighted by Gasteiger charge is -2.11. The summed E-state index contributed by atoms with van der Waals surface area (Å²) in [4.78, 5) is 23.9. The highest BCUT2D eigenvalue weighted by Gasteiger charge is 2.29. The molecule has 7 nitrogen and oxygen atoms in total. The second kappa shape index (κ2) is 9.16. The van der Waals surface area contributed by atoms with Crippen LogP contribution in [-0.2, 0) is 9.59 Å². The molecule has 142 valence electrons. The molecule has 2 atom stereocenters. The highest BCUT2D eigenvalue weighted by molar-refractivity contribution is 5.95. The van der Waals surface area contributed by atoms with E-state index in [0.717, 1.165) is 5.56 Å². The third-order valence-electron chi connectivity index (χ3n) is 4.29. The second-order valence-corrected chi connectivity index (χ2v) is 6.30. The van der Waals surface area contributed by atoms with Crippen molar-refractivity contribution < 1.29 is 14.3 Å². The molecule has 0 aliphatic carbocycles. The minimum atomic E-state index is -0.316. The van der Waals surface area contributed by atoms with Crippen molar-refractivity contribution >= 4 is 17.5 Å². The summed E-state index contributed by atoms with van der Waals surface area (Å²) in [7, 11) is 0. The molecule has 1 aliphatic heterocycles. The normalized spacial score (nSPS) is 18.7. The number of ether oxygens (including phenoxy) is 1. The molecule has 1 fully saturated rings. The van der Waals surface area contributed by atoms with Gasteiger partial charge in [0.15, 0.2) is 6.61 Å². The first-order valence-electron chi connectivity index (χ1n) is 9.02. The van der Waals surface area contributed by atoms with Crippen molar-refractivity contribution in [2.45, 2.75) is 25.4 Å². The van der Waals surface area contributed by atoms with Crippen LogP contribution in [0.15, 0.2) is 54.6 Å². The molecule has 2 amide bonds. The first kappa shape index (κ1) is 18.9. The van der Waals surface area contributed by atoms with Crippen LogP contribution in [0.25, 0.3) is 0 Å². The van der Waals surface area contributed by atoms with Gasteiger partial charge in [-0.15, -0.1) is 0 Å². The van der Waals surface area contributed by atoms with Crippen molar-refractivity contribution in [3.05, 3.63) is 60.2 Å². The number of hydrogen-bond acceptors (Lipinski definition) is 5. The zero-order chi connectivity index (χ0) is 19.1. The third kappa shape index (κ3) is 5.29. The molecule has 0 bridgehead atoms. The number of hydrogen-bond donors (Lipinski definition) is 4. The van der Waals surface area contributed by atoms with Gasteiger partial charge in [0, 0.05) is 18.3 Å². The number of nitrogens with one attached hydrogen (secondary N) is 4. The van der Waals surface area contributed by atoms with Crippen LogP contribution in [0.1, 0.15) is 24.9 Å². The Hall–Kier alpha value is -2.90. The van der Waals surface area contributed by atoms with Gasteiger partial charge in [0.05, 0.1) is 0 Å². The van der Waals surface area contributed by atoms with Gasteiger partial charge < -0.3 is 15.4 Å². The Kier molecular flexibility index (Phi) is 6.40. The first-order valence-corrected chi connectivity index (χ1v) is 9.02. The largest absolute Gasteiger partial charge is 0.484 e. The van der Waals surface area contributed by atoms with Crippen molar-refractivity contribution in [2.24, 2.45) is 0 Å². The molecule has 1 aliphatic rings. The van der Waals surface area contributed by atoms with Crippen LogP contribution in [0.4, 0.5) is 5.69 Å². The number of benzene rings is 2. The molecule has 2 aromatic rings. The van der Waals surface area contributed by atoms with E-state index in [1.807, 2.05) is 37.3 Å². The maximum Gasteiger partial charge on any atom is 0.257 e. The van der Waals surface area contributed by atoms with Crippen molar-refractivity contribution in [3.63, 3.8) is 0 Å². The Labute approximate surface area is 158 Å². The van der Waals surface area contributed by atoms with E-state index in [1.165, 1.54) is 0 Å². The molecular weight excluding hydrogens is 344 g/mol. The zero-order valence-corrected chi connectivity index (χ0v) is 15.2. The van der Waals surface area contributed by atoms with E-state index in [-0.39, 0.29) is 30.5 Å². The number of hydrazine groups is 1. The summed E-state index contributed by atoms with van der Waals surface area (Å²) in [5.74, 6) is 0.309. The summed E-state index contributed by atoms with van der Waals surface area (Å²) >= 11 is 0. The Morgan fingerprint density at radius 2 is 1.81 bits per heavy atom. The summed E-state index contributed by atoms with van der Waals surface area (Å²) in [6.07, 6.45) is 0.670. The number of anilines is 1. The lowest BCUT2D eigenvalue weighted by atomic mass is 10.0. The Balaban J connectivity index is 1.49. The van der Waals surface area contributed by atoms with E-state index in [9.17, 15) is 9.59 Å². The van der Waals surface area contributed by atoms with Crippen LogP contribution in [0.3, 0.4) is 0 Å². The van der Waals surface area contributed by atoms with Gasteiger partial charge in [-0.05, 0) is 43.2 Å². The fourth-order valence-corrected chi connectivity index (χ4v) is 2.89. The van der Waals surface area contributed by atoms with E-state index in [0.29, 0.717) is 24.4 Å². The summed E-state index contributed by atoms with van der Waals surface area (Å²) in [6.45, 7) is 2.40. The lowest BCUT2D eigenvalue weighted by molar-refractivity contribution is -0.123. The summed E-state index contributed by atoms with van der Waals surface area (Å²) in [6, 6.07) is 16.8. The van der Waals surface area contributed by atoms with Crippen LogP contribution < -0.4 is 26.2 Å². The minimum Gasteiger partial charge on any atom is -0.484 e. The molecule has 3 rings (SSSR count). The molecule has 2 unspecified atom stereocenters. The molecule has 1 saturated heterocycles. The predicted octanol–water partition coefficient (Wildman–Crippen LogP) is 1.75. The first-order chi connectivity index (χ1) is 13.2. The van der Waals surface area contributed by atoms with Crippen LogP contribution in [0, 0.1) is 0 Å². The lowest BCUT2D eigenvalue weighted by Crippen LogP contribution is -2.39. The number of carbonyl (C=O) groups excluding carboxylic acids is 2. The van der Waals surface area contributed by atoms with Gasteiger partial charge >= 0.3 is 0 Å². The van der Waals surface area contributed by atoms with Crippen LogP contribution >= 0.6 is 0 Å². The van der Waals surface area contributed by atoms with Crippen LogP contribution in [0.2, 0.25) is 0 Å². The van der Waals surface area contributed by atoms with E-state index in [1.54, 1.807) is 24.3 Å². The smallest absolute Gasteiger partial charge is 0.257 e. The van der Waals surface area contributed by atoms with Gasteiger partial charge in [-0.3, -0.25) is 9.59 Å². The molecule has 0 spiro atoms. The number of carbonyl (C=O) groups is 2. The van der Waals surface area contributed by atoms with Gasteiger partial charge in [0.25, 0.3) is 5.91 Å². The van der Waals surface area contributed by atoms with E-state index in [2.05, 4.69) is 21.5 Å².